The molecule has 0 spiro atoms. The Kier molecular flexibility index (Phi) is 4.22. The van der Waals surface area contributed by atoms with Gasteiger partial charge in [0.15, 0.2) is 5.58 Å². The number of oxazole rings is 1. The Morgan fingerprint density at radius 3 is 2.46 bits per heavy atom. The van der Waals surface area contributed by atoms with Gasteiger partial charge in [0.05, 0.1) is 10.4 Å². The largest absolute Gasteiger partial charge is 0.419 e. The predicted octanol–water partition coefficient (Wildman–Crippen LogP) is 1.49. The number of hydrogen-bond donors (Lipinski definition) is 1. The summed E-state index contributed by atoms with van der Waals surface area (Å²) >= 11 is 0. The monoisotopic (exact) mass is 346 g/mol. The van der Waals surface area contributed by atoms with Crippen LogP contribution < -0.4 is 10.5 Å². The van der Waals surface area contributed by atoms with E-state index < -0.39 is 21.7 Å². The molecule has 0 aliphatic carbocycles. The average molecular weight is 346 g/mol. The van der Waals surface area contributed by atoms with Crippen LogP contribution >= 0.6 is 0 Å². The molecule has 1 aromatic heterocycles. The number of nitrogens with one attached hydrogen (secondary N) is 1. The maximum atomic E-state index is 12.1. The van der Waals surface area contributed by atoms with E-state index in [9.17, 15) is 18.0 Å². The maximum absolute atomic E-state index is 12.1. The molecule has 0 saturated heterocycles. The van der Waals surface area contributed by atoms with E-state index in [1.807, 2.05) is 4.72 Å². The van der Waals surface area contributed by atoms with Crippen LogP contribution in [0.25, 0.3) is 11.1 Å². The van der Waals surface area contributed by atoms with Crippen molar-refractivity contribution in [2.45, 2.75) is 17.9 Å². The van der Waals surface area contributed by atoms with Crippen LogP contribution in [0, 0.1) is 0 Å². The molecule has 3 aromatic rings. The van der Waals surface area contributed by atoms with Gasteiger partial charge < -0.3 is 4.42 Å². The van der Waals surface area contributed by atoms with Gasteiger partial charge in [0.2, 0.25) is 5.91 Å². The Morgan fingerprint density at radius 1 is 1.04 bits per heavy atom. The number of amides is 1. The van der Waals surface area contributed by atoms with Crippen LogP contribution in [0.4, 0.5) is 0 Å². The van der Waals surface area contributed by atoms with Crippen LogP contribution in [0.15, 0.2) is 68.7 Å². The molecule has 0 saturated carbocycles. The van der Waals surface area contributed by atoms with E-state index in [0.717, 1.165) is 0 Å². The van der Waals surface area contributed by atoms with Crippen molar-refractivity contribution in [2.75, 3.05) is 0 Å². The highest BCUT2D eigenvalue weighted by atomic mass is 32.2. The van der Waals surface area contributed by atoms with Gasteiger partial charge in [-0.2, -0.15) is 0 Å². The molecule has 124 valence electrons. The zero-order valence-corrected chi connectivity index (χ0v) is 13.3. The summed E-state index contributed by atoms with van der Waals surface area (Å²) in [5.41, 5.74) is 0.973. The SMILES string of the molecule is O=C(CCn1c(=O)oc2ccccc21)NS(=O)(=O)c1ccccc1. The number of carbonyl (C=O) groups excluding carboxylic acids is 1. The number of sulfonamides is 1. The molecule has 2 aromatic carbocycles. The summed E-state index contributed by atoms with van der Waals surface area (Å²) in [6, 6.07) is 14.4. The second-order valence-electron chi connectivity index (χ2n) is 5.08. The normalized spacial score (nSPS) is 11.5. The van der Waals surface area contributed by atoms with E-state index >= 15 is 0 Å². The molecule has 0 fully saturated rings. The topological polar surface area (TPSA) is 98.4 Å². The van der Waals surface area contributed by atoms with E-state index in [2.05, 4.69) is 0 Å². The lowest BCUT2D eigenvalue weighted by molar-refractivity contribution is -0.119. The summed E-state index contributed by atoms with van der Waals surface area (Å²) in [6.07, 6.45) is -0.171. The van der Waals surface area contributed by atoms with Crippen molar-refractivity contribution in [1.82, 2.24) is 9.29 Å². The highest BCUT2D eigenvalue weighted by molar-refractivity contribution is 7.90. The third kappa shape index (κ3) is 3.23. The summed E-state index contributed by atoms with van der Waals surface area (Å²) in [7, 11) is -3.91. The molecule has 0 unspecified atom stereocenters. The summed E-state index contributed by atoms with van der Waals surface area (Å²) in [6.45, 7) is 0.0198. The molecule has 1 N–H and O–H groups in total. The fraction of sp³-hybridized carbons (Fsp3) is 0.125. The molecule has 0 aliphatic heterocycles. The second-order valence-corrected chi connectivity index (χ2v) is 6.76. The first-order chi connectivity index (χ1) is 11.5. The molecule has 7 nitrogen and oxygen atoms in total. The minimum Gasteiger partial charge on any atom is -0.408 e. The van der Waals surface area contributed by atoms with Gasteiger partial charge in [-0.05, 0) is 24.3 Å². The van der Waals surface area contributed by atoms with Crippen molar-refractivity contribution in [3.8, 4) is 0 Å². The van der Waals surface area contributed by atoms with Crippen molar-refractivity contribution in [2.24, 2.45) is 0 Å². The van der Waals surface area contributed by atoms with Crippen LogP contribution in [0.1, 0.15) is 6.42 Å². The number of hydrogen-bond acceptors (Lipinski definition) is 5. The lowest BCUT2D eigenvalue weighted by atomic mass is 10.3. The molecular formula is C16H14N2O5S. The fourth-order valence-electron chi connectivity index (χ4n) is 2.30. The Hall–Kier alpha value is -2.87. The molecular weight excluding hydrogens is 332 g/mol. The van der Waals surface area contributed by atoms with Gasteiger partial charge in [0.25, 0.3) is 10.0 Å². The first-order valence-electron chi connectivity index (χ1n) is 7.16. The Morgan fingerprint density at radius 2 is 1.71 bits per heavy atom. The van der Waals surface area contributed by atoms with E-state index in [0.29, 0.717) is 11.1 Å². The Balaban J connectivity index is 1.72. The molecule has 3 rings (SSSR count). The number of para-hydroxylation sites is 2. The molecule has 0 atom stereocenters. The van der Waals surface area contributed by atoms with Gasteiger partial charge in [0, 0.05) is 13.0 Å². The van der Waals surface area contributed by atoms with E-state index in [1.54, 1.807) is 42.5 Å². The summed E-state index contributed by atoms with van der Waals surface area (Å²) in [5.74, 6) is -1.29. The Labute approximate surface area is 137 Å². The van der Waals surface area contributed by atoms with Gasteiger partial charge in [-0.3, -0.25) is 9.36 Å². The van der Waals surface area contributed by atoms with Crippen LogP contribution in [0.2, 0.25) is 0 Å². The van der Waals surface area contributed by atoms with E-state index in [4.69, 9.17) is 4.42 Å². The molecule has 1 heterocycles. The number of aromatic nitrogens is 1. The van der Waals surface area contributed by atoms with Crippen LogP contribution in [-0.2, 0) is 21.4 Å². The molecule has 24 heavy (non-hydrogen) atoms. The molecule has 0 bridgehead atoms. The van der Waals surface area contributed by atoms with E-state index in [-0.39, 0.29) is 17.9 Å². The van der Waals surface area contributed by atoms with E-state index in [1.165, 1.54) is 16.7 Å². The molecule has 0 aliphatic rings. The molecule has 8 heteroatoms. The molecule has 0 radical (unpaired) electrons. The van der Waals surface area contributed by atoms with Crippen molar-refractivity contribution in [1.29, 1.82) is 0 Å². The standard InChI is InChI=1S/C16H14N2O5S/c19-15(17-24(21,22)12-6-2-1-3-7-12)10-11-18-13-8-4-5-9-14(13)23-16(18)20/h1-9H,10-11H2,(H,17,19). The minimum atomic E-state index is -3.91. The third-order valence-corrected chi connectivity index (χ3v) is 4.83. The smallest absolute Gasteiger partial charge is 0.408 e. The Bertz CT molecular complexity index is 1040. The fourth-order valence-corrected chi connectivity index (χ4v) is 3.33. The molecule has 1 amide bonds. The van der Waals surface area contributed by atoms with Crippen LogP contribution in [0.5, 0.6) is 0 Å². The van der Waals surface area contributed by atoms with Crippen molar-refractivity contribution >= 4 is 27.0 Å². The summed E-state index contributed by atoms with van der Waals surface area (Å²) in [4.78, 5) is 23.7. The number of rotatable bonds is 5. The third-order valence-electron chi connectivity index (χ3n) is 3.44. The zero-order chi connectivity index (χ0) is 17.2. The number of fused-ring (bicyclic) bond motifs is 1. The number of aryl methyl sites for hydroxylation is 1. The number of nitrogens with zero attached hydrogens (tertiary/aromatic N) is 1. The summed E-state index contributed by atoms with van der Waals surface area (Å²) < 4.78 is 32.5. The van der Waals surface area contributed by atoms with Gasteiger partial charge in [-0.15, -0.1) is 0 Å². The van der Waals surface area contributed by atoms with Gasteiger partial charge in [-0.25, -0.2) is 17.9 Å². The average Bonchev–Trinajstić information content (AvgIpc) is 2.88. The van der Waals surface area contributed by atoms with Crippen molar-refractivity contribution in [3.05, 3.63) is 65.1 Å². The maximum Gasteiger partial charge on any atom is 0.419 e. The van der Waals surface area contributed by atoms with Gasteiger partial charge in [0.1, 0.15) is 0 Å². The van der Waals surface area contributed by atoms with Crippen LogP contribution in [-0.4, -0.2) is 18.9 Å². The lowest BCUT2D eigenvalue weighted by Crippen LogP contribution is -2.31. The highest BCUT2D eigenvalue weighted by Gasteiger charge is 2.18. The van der Waals surface area contributed by atoms with Gasteiger partial charge >= 0.3 is 5.76 Å². The van der Waals surface area contributed by atoms with Crippen molar-refractivity contribution in [3.63, 3.8) is 0 Å². The first kappa shape index (κ1) is 16.0. The second kappa shape index (κ2) is 6.32. The van der Waals surface area contributed by atoms with Crippen molar-refractivity contribution < 1.29 is 17.6 Å². The predicted molar refractivity (Wildman–Crippen MR) is 86.9 cm³/mol. The first-order valence-corrected chi connectivity index (χ1v) is 8.65. The lowest BCUT2D eigenvalue weighted by Gasteiger charge is -2.07. The quantitative estimate of drug-likeness (QED) is 0.755. The van der Waals surface area contributed by atoms with Gasteiger partial charge in [-0.1, -0.05) is 30.3 Å². The van der Waals surface area contributed by atoms with Crippen LogP contribution in [0.3, 0.4) is 0 Å². The number of benzene rings is 2. The zero-order valence-electron chi connectivity index (χ0n) is 12.5. The minimum absolute atomic E-state index is 0.00396. The number of carbonyl (C=O) groups is 1. The summed E-state index contributed by atoms with van der Waals surface area (Å²) in [5, 5.41) is 0. The highest BCUT2D eigenvalue weighted by Crippen LogP contribution is 2.12.